The van der Waals surface area contributed by atoms with Crippen LogP contribution in [0.25, 0.3) is 0 Å². The summed E-state index contributed by atoms with van der Waals surface area (Å²) in [6.45, 7) is 0.826. The van der Waals surface area contributed by atoms with Crippen molar-refractivity contribution in [3.63, 3.8) is 0 Å². The normalized spacial score (nSPS) is 38.4. The summed E-state index contributed by atoms with van der Waals surface area (Å²) < 4.78 is 24.8. The fourth-order valence-corrected chi connectivity index (χ4v) is 8.23. The van der Waals surface area contributed by atoms with Gasteiger partial charge in [-0.15, -0.1) is 12.4 Å². The molecule has 0 aromatic rings. The van der Waals surface area contributed by atoms with Gasteiger partial charge in [0.2, 0.25) is 5.91 Å². The molecule has 1 spiro atoms. The second-order valence-corrected chi connectivity index (χ2v) is 11.5. The maximum Gasteiger partial charge on any atom is 0.225 e. The van der Waals surface area contributed by atoms with Crippen molar-refractivity contribution in [1.29, 1.82) is 0 Å². The van der Waals surface area contributed by atoms with Crippen LogP contribution in [0.2, 0.25) is 0 Å². The number of hydrogen-bond acceptors (Lipinski definition) is 4. The van der Waals surface area contributed by atoms with E-state index in [1.165, 1.54) is 6.42 Å². The van der Waals surface area contributed by atoms with E-state index in [-0.39, 0.29) is 36.0 Å². The van der Waals surface area contributed by atoms with Gasteiger partial charge >= 0.3 is 0 Å². The van der Waals surface area contributed by atoms with Gasteiger partial charge in [-0.1, -0.05) is 25.7 Å². The fourth-order valence-electron chi connectivity index (χ4n) is 6.07. The van der Waals surface area contributed by atoms with Crippen LogP contribution in [-0.4, -0.2) is 48.9 Å². The van der Waals surface area contributed by atoms with Gasteiger partial charge < -0.3 is 10.6 Å². The van der Waals surface area contributed by atoms with Crippen molar-refractivity contribution >= 4 is 28.2 Å². The van der Waals surface area contributed by atoms with Gasteiger partial charge in [-0.3, -0.25) is 4.79 Å². The molecule has 1 amide bonds. The lowest BCUT2D eigenvalue weighted by Crippen LogP contribution is -2.60. The molecule has 0 radical (unpaired) electrons. The molecule has 150 valence electrons. The van der Waals surface area contributed by atoms with Crippen LogP contribution in [0.3, 0.4) is 0 Å². The first-order valence-electron chi connectivity index (χ1n) is 10.2. The molecule has 5 nitrogen and oxygen atoms in total. The molecular formula is C19H33ClN2O3S. The first-order chi connectivity index (χ1) is 11.9. The zero-order chi connectivity index (χ0) is 17.7. The maximum absolute atomic E-state index is 13.2. The summed E-state index contributed by atoms with van der Waals surface area (Å²) in [5, 5.41) is 0. The van der Waals surface area contributed by atoms with E-state index in [2.05, 4.69) is 0 Å². The fraction of sp³-hybridized carbons (Fsp3) is 0.947. The minimum Gasteiger partial charge on any atom is -0.340 e. The molecule has 1 heterocycles. The molecule has 2 N–H and O–H groups in total. The first kappa shape index (κ1) is 20.4. The van der Waals surface area contributed by atoms with Gasteiger partial charge in [0, 0.05) is 25.0 Å². The van der Waals surface area contributed by atoms with E-state index < -0.39 is 14.6 Å². The Hall–Kier alpha value is -0.330. The molecule has 3 saturated carbocycles. The topological polar surface area (TPSA) is 80.5 Å². The molecule has 4 aliphatic rings. The number of sulfone groups is 1. The van der Waals surface area contributed by atoms with E-state index in [1.54, 1.807) is 0 Å². The molecule has 1 saturated heterocycles. The molecule has 4 fully saturated rings. The van der Waals surface area contributed by atoms with Crippen LogP contribution < -0.4 is 5.73 Å². The predicted molar refractivity (Wildman–Crippen MR) is 105 cm³/mol. The number of rotatable bonds is 1. The lowest BCUT2D eigenvalue weighted by Gasteiger charge is -2.48. The van der Waals surface area contributed by atoms with Gasteiger partial charge in [-0.2, -0.15) is 0 Å². The highest BCUT2D eigenvalue weighted by atomic mass is 35.5. The summed E-state index contributed by atoms with van der Waals surface area (Å²) >= 11 is 0. The number of nitrogens with two attached hydrogens (primary N) is 1. The summed E-state index contributed by atoms with van der Waals surface area (Å²) in [7, 11) is -3.08. The van der Waals surface area contributed by atoms with Crippen molar-refractivity contribution in [2.45, 2.75) is 75.0 Å². The van der Waals surface area contributed by atoms with E-state index in [0.29, 0.717) is 24.9 Å². The number of carbonyl (C=O) groups excluding carboxylic acids is 1. The van der Waals surface area contributed by atoms with E-state index in [1.807, 2.05) is 4.90 Å². The minimum atomic E-state index is -3.08. The maximum atomic E-state index is 13.2. The average molecular weight is 405 g/mol. The Labute approximate surface area is 163 Å². The van der Waals surface area contributed by atoms with E-state index >= 15 is 0 Å². The number of fused-ring (bicyclic) bond motifs is 2. The second-order valence-electron chi connectivity index (χ2n) is 9.02. The predicted octanol–water partition coefficient (Wildman–Crippen LogP) is 2.52. The van der Waals surface area contributed by atoms with Crippen LogP contribution in [0, 0.1) is 17.8 Å². The lowest BCUT2D eigenvalue weighted by atomic mass is 9.65. The largest absolute Gasteiger partial charge is 0.340 e. The molecule has 2 unspecified atom stereocenters. The third kappa shape index (κ3) is 3.42. The Balaban J connectivity index is 0.00000196. The highest BCUT2D eigenvalue weighted by Gasteiger charge is 2.50. The molecule has 0 aromatic heterocycles. The van der Waals surface area contributed by atoms with Crippen molar-refractivity contribution in [3.8, 4) is 0 Å². The standard InChI is InChI=1S/C19H32N2O3S.ClH/c20-17-14-5-4-6-15(17)12-16(11-14)18(22)21-9-10-25(23,24)19(13-21)7-2-1-3-8-19;/h14-17H,1-13,20H2;1H. The lowest BCUT2D eigenvalue weighted by molar-refractivity contribution is -0.139. The molecule has 1 aliphatic heterocycles. The third-order valence-electron chi connectivity index (χ3n) is 7.61. The molecule has 4 rings (SSSR count). The van der Waals surface area contributed by atoms with Crippen LogP contribution in [-0.2, 0) is 14.6 Å². The van der Waals surface area contributed by atoms with E-state index in [0.717, 1.165) is 57.8 Å². The second kappa shape index (κ2) is 7.59. The summed E-state index contributed by atoms with van der Waals surface area (Å²) in [6, 6.07) is 0.268. The van der Waals surface area contributed by atoms with Crippen molar-refractivity contribution in [2.75, 3.05) is 18.8 Å². The SMILES string of the molecule is Cl.NC1C2CCCC1CC(C(=O)N1CCS(=O)(=O)C3(CCCCC3)C1)C2. The Morgan fingerprint density at radius 1 is 1.00 bits per heavy atom. The van der Waals surface area contributed by atoms with Crippen LogP contribution in [0.4, 0.5) is 0 Å². The van der Waals surface area contributed by atoms with E-state index in [9.17, 15) is 13.2 Å². The number of amides is 1. The Kier molecular flexibility index (Phi) is 5.96. The Bertz CT molecular complexity index is 619. The van der Waals surface area contributed by atoms with Gasteiger partial charge in [-0.05, 0) is 50.4 Å². The highest BCUT2D eigenvalue weighted by Crippen LogP contribution is 2.44. The summed E-state index contributed by atoms with van der Waals surface area (Å²) in [5.41, 5.74) is 6.37. The molecule has 2 atom stereocenters. The highest BCUT2D eigenvalue weighted by molar-refractivity contribution is 7.92. The zero-order valence-corrected chi connectivity index (χ0v) is 17.2. The van der Waals surface area contributed by atoms with Gasteiger partial charge in [0.05, 0.1) is 10.5 Å². The Morgan fingerprint density at radius 3 is 2.23 bits per heavy atom. The molecule has 0 aromatic carbocycles. The molecule has 2 bridgehead atoms. The monoisotopic (exact) mass is 404 g/mol. The van der Waals surface area contributed by atoms with Crippen LogP contribution in [0.15, 0.2) is 0 Å². The van der Waals surface area contributed by atoms with Gasteiger partial charge in [0.25, 0.3) is 0 Å². The number of carbonyl (C=O) groups is 1. The van der Waals surface area contributed by atoms with E-state index in [4.69, 9.17) is 5.73 Å². The zero-order valence-electron chi connectivity index (χ0n) is 15.6. The van der Waals surface area contributed by atoms with Crippen LogP contribution in [0.1, 0.15) is 64.2 Å². The molecule has 26 heavy (non-hydrogen) atoms. The summed E-state index contributed by atoms with van der Waals surface area (Å²) in [5.74, 6) is 1.40. The first-order valence-corrected chi connectivity index (χ1v) is 11.8. The molecule has 3 aliphatic carbocycles. The summed E-state index contributed by atoms with van der Waals surface area (Å²) in [4.78, 5) is 15.1. The van der Waals surface area contributed by atoms with Crippen LogP contribution in [0.5, 0.6) is 0 Å². The van der Waals surface area contributed by atoms with Gasteiger partial charge in [0.1, 0.15) is 0 Å². The molecular weight excluding hydrogens is 372 g/mol. The third-order valence-corrected chi connectivity index (χ3v) is 10.2. The van der Waals surface area contributed by atoms with Gasteiger partial charge in [-0.25, -0.2) is 8.42 Å². The number of nitrogens with zero attached hydrogens (tertiary/aromatic N) is 1. The van der Waals surface area contributed by atoms with Crippen molar-refractivity contribution in [1.82, 2.24) is 4.90 Å². The smallest absolute Gasteiger partial charge is 0.225 e. The molecule has 7 heteroatoms. The van der Waals surface area contributed by atoms with Crippen molar-refractivity contribution in [2.24, 2.45) is 23.5 Å². The number of hydrogen-bond donors (Lipinski definition) is 1. The van der Waals surface area contributed by atoms with Crippen molar-refractivity contribution < 1.29 is 13.2 Å². The summed E-state index contributed by atoms with van der Waals surface area (Å²) in [6.07, 6.45) is 9.91. The average Bonchev–Trinajstić information content (AvgIpc) is 2.58. The number of halogens is 1. The quantitative estimate of drug-likeness (QED) is 0.728. The van der Waals surface area contributed by atoms with Crippen molar-refractivity contribution in [3.05, 3.63) is 0 Å². The van der Waals surface area contributed by atoms with Gasteiger partial charge in [0.15, 0.2) is 9.84 Å². The Morgan fingerprint density at radius 2 is 1.62 bits per heavy atom. The minimum absolute atomic E-state index is 0. The van der Waals surface area contributed by atoms with Crippen LogP contribution >= 0.6 is 12.4 Å².